The summed E-state index contributed by atoms with van der Waals surface area (Å²) >= 11 is 0. The summed E-state index contributed by atoms with van der Waals surface area (Å²) in [7, 11) is 0. The maximum atomic E-state index is 12.9. The van der Waals surface area contributed by atoms with Gasteiger partial charge < -0.3 is 20.5 Å². The monoisotopic (exact) mass is 464 g/mol. The summed E-state index contributed by atoms with van der Waals surface area (Å²) in [6.07, 6.45) is 3.14. The number of aliphatic carboxylic acids is 1. The van der Waals surface area contributed by atoms with Gasteiger partial charge in [0.15, 0.2) is 0 Å². The molecule has 2 aliphatic rings. The zero-order valence-electron chi connectivity index (χ0n) is 19.5. The molecule has 0 aliphatic heterocycles. The number of amides is 2. The molecule has 180 valence electrons. The number of benzene rings is 2. The molecule has 7 heteroatoms. The van der Waals surface area contributed by atoms with Gasteiger partial charge in [0.25, 0.3) is 0 Å². The van der Waals surface area contributed by atoms with E-state index in [9.17, 15) is 19.5 Å². The van der Waals surface area contributed by atoms with E-state index in [2.05, 4.69) is 34.9 Å². The molecule has 1 saturated carbocycles. The summed E-state index contributed by atoms with van der Waals surface area (Å²) in [5.74, 6) is -1.59. The summed E-state index contributed by atoms with van der Waals surface area (Å²) in [4.78, 5) is 36.8. The molecule has 0 heterocycles. The molecule has 3 N–H and O–H groups in total. The predicted octanol–water partition coefficient (Wildman–Crippen LogP) is 4.45. The Kier molecular flexibility index (Phi) is 7.50. The number of carboxylic acids is 1. The Morgan fingerprint density at radius 2 is 1.68 bits per heavy atom. The van der Waals surface area contributed by atoms with Crippen molar-refractivity contribution in [2.45, 2.75) is 63.5 Å². The standard InChI is InChI=1S/C27H32N2O5/c1-2-8-24(25(30)28-18-10-7-9-17(15-18)26(31)32)29-27(33)34-16-23-21-13-5-3-11-19(21)20-12-4-6-14-22(20)23/h3-6,11-14,17-18,23-24H,2,7-10,15-16H2,1H3,(H,28,30)(H,29,33)(H,31,32)/t17-,18+,24-/m0/s1. The molecule has 2 aromatic rings. The minimum Gasteiger partial charge on any atom is -0.481 e. The molecule has 7 nitrogen and oxygen atoms in total. The lowest BCUT2D eigenvalue weighted by Gasteiger charge is -2.29. The van der Waals surface area contributed by atoms with E-state index < -0.39 is 24.0 Å². The maximum absolute atomic E-state index is 12.9. The second-order valence-electron chi connectivity index (χ2n) is 9.22. The van der Waals surface area contributed by atoms with Crippen LogP contribution in [0.25, 0.3) is 11.1 Å². The Balaban J connectivity index is 1.35. The fraction of sp³-hybridized carbons (Fsp3) is 0.444. The Labute approximate surface area is 199 Å². The van der Waals surface area contributed by atoms with Crippen LogP contribution in [0.5, 0.6) is 0 Å². The van der Waals surface area contributed by atoms with Crippen molar-refractivity contribution in [3.63, 3.8) is 0 Å². The van der Waals surface area contributed by atoms with E-state index in [1.807, 2.05) is 31.2 Å². The van der Waals surface area contributed by atoms with Crippen molar-refractivity contribution in [2.75, 3.05) is 6.61 Å². The van der Waals surface area contributed by atoms with E-state index in [0.717, 1.165) is 35.1 Å². The molecule has 0 bridgehead atoms. The molecular weight excluding hydrogens is 432 g/mol. The number of ether oxygens (including phenoxy) is 1. The molecule has 2 amide bonds. The van der Waals surface area contributed by atoms with Gasteiger partial charge in [0.1, 0.15) is 12.6 Å². The Morgan fingerprint density at radius 1 is 1.03 bits per heavy atom. The van der Waals surface area contributed by atoms with Crippen LogP contribution in [0.4, 0.5) is 4.79 Å². The van der Waals surface area contributed by atoms with Crippen molar-refractivity contribution < 1.29 is 24.2 Å². The van der Waals surface area contributed by atoms with E-state index in [-0.39, 0.29) is 24.5 Å². The highest BCUT2D eigenvalue weighted by molar-refractivity contribution is 5.86. The molecule has 34 heavy (non-hydrogen) atoms. The molecule has 0 radical (unpaired) electrons. The van der Waals surface area contributed by atoms with E-state index in [4.69, 9.17) is 4.74 Å². The number of hydrogen-bond donors (Lipinski definition) is 3. The van der Waals surface area contributed by atoms with E-state index in [1.54, 1.807) is 0 Å². The van der Waals surface area contributed by atoms with Gasteiger partial charge in [-0.1, -0.05) is 68.3 Å². The average molecular weight is 465 g/mol. The van der Waals surface area contributed by atoms with Gasteiger partial charge >= 0.3 is 12.1 Å². The lowest BCUT2D eigenvalue weighted by atomic mass is 9.85. The Bertz CT molecular complexity index is 1010. The largest absolute Gasteiger partial charge is 0.481 e. The average Bonchev–Trinajstić information content (AvgIpc) is 3.16. The second-order valence-corrected chi connectivity index (χ2v) is 9.22. The van der Waals surface area contributed by atoms with Gasteiger partial charge in [-0.25, -0.2) is 4.79 Å². The highest BCUT2D eigenvalue weighted by Gasteiger charge is 2.31. The van der Waals surface area contributed by atoms with E-state index >= 15 is 0 Å². The topological polar surface area (TPSA) is 105 Å². The molecule has 0 unspecified atom stereocenters. The highest BCUT2D eigenvalue weighted by Crippen LogP contribution is 2.44. The molecule has 0 saturated heterocycles. The second kappa shape index (κ2) is 10.7. The Morgan fingerprint density at radius 3 is 2.29 bits per heavy atom. The van der Waals surface area contributed by atoms with Crippen molar-refractivity contribution in [3.05, 3.63) is 59.7 Å². The first-order valence-electron chi connectivity index (χ1n) is 12.1. The first kappa shape index (κ1) is 23.8. The summed E-state index contributed by atoms with van der Waals surface area (Å²) in [5.41, 5.74) is 4.57. The van der Waals surface area contributed by atoms with Crippen LogP contribution in [0.2, 0.25) is 0 Å². The fourth-order valence-corrected chi connectivity index (χ4v) is 5.19. The van der Waals surface area contributed by atoms with Gasteiger partial charge in [-0.15, -0.1) is 0 Å². The quantitative estimate of drug-likeness (QED) is 0.535. The van der Waals surface area contributed by atoms with E-state index in [1.165, 1.54) is 0 Å². The smallest absolute Gasteiger partial charge is 0.407 e. The third-order valence-electron chi connectivity index (χ3n) is 6.90. The van der Waals surface area contributed by atoms with Crippen LogP contribution >= 0.6 is 0 Å². The predicted molar refractivity (Wildman–Crippen MR) is 128 cm³/mol. The number of fused-ring (bicyclic) bond motifs is 3. The summed E-state index contributed by atoms with van der Waals surface area (Å²) in [5, 5.41) is 15.0. The molecular formula is C27H32N2O5. The van der Waals surface area contributed by atoms with Gasteiger partial charge in [-0.2, -0.15) is 0 Å². The van der Waals surface area contributed by atoms with Crippen LogP contribution in [0.3, 0.4) is 0 Å². The van der Waals surface area contributed by atoms with Crippen LogP contribution in [-0.4, -0.2) is 41.8 Å². The summed E-state index contributed by atoms with van der Waals surface area (Å²) in [6, 6.07) is 15.4. The maximum Gasteiger partial charge on any atom is 0.407 e. The minimum atomic E-state index is -0.819. The fourth-order valence-electron chi connectivity index (χ4n) is 5.19. The zero-order chi connectivity index (χ0) is 24.1. The third-order valence-corrected chi connectivity index (χ3v) is 6.90. The molecule has 0 aromatic heterocycles. The highest BCUT2D eigenvalue weighted by atomic mass is 16.5. The summed E-state index contributed by atoms with van der Waals surface area (Å²) < 4.78 is 5.60. The number of carbonyl (C=O) groups is 3. The first-order chi connectivity index (χ1) is 16.5. The molecule has 0 spiro atoms. The normalized spacial score (nSPS) is 20.0. The molecule has 4 rings (SSSR count). The van der Waals surface area contributed by atoms with Gasteiger partial charge in [-0.3, -0.25) is 9.59 Å². The minimum absolute atomic E-state index is 0.0493. The van der Waals surface area contributed by atoms with Crippen LogP contribution in [0.15, 0.2) is 48.5 Å². The summed E-state index contributed by atoms with van der Waals surface area (Å²) in [6.45, 7) is 2.13. The van der Waals surface area contributed by atoms with Gasteiger partial charge in [0, 0.05) is 12.0 Å². The van der Waals surface area contributed by atoms with Crippen LogP contribution in [0, 0.1) is 5.92 Å². The zero-order valence-corrected chi connectivity index (χ0v) is 19.5. The van der Waals surface area contributed by atoms with E-state index in [0.29, 0.717) is 25.7 Å². The van der Waals surface area contributed by atoms with Crippen molar-refractivity contribution in [3.8, 4) is 11.1 Å². The van der Waals surface area contributed by atoms with Crippen LogP contribution < -0.4 is 10.6 Å². The van der Waals surface area contributed by atoms with Crippen molar-refractivity contribution in [2.24, 2.45) is 5.92 Å². The number of alkyl carbamates (subject to hydrolysis) is 1. The molecule has 1 fully saturated rings. The van der Waals surface area contributed by atoms with Gasteiger partial charge in [-0.05, 0) is 47.9 Å². The number of carboxylic acid groups (broad SMARTS) is 1. The molecule has 2 aliphatic carbocycles. The number of rotatable bonds is 8. The van der Waals surface area contributed by atoms with Crippen molar-refractivity contribution in [1.29, 1.82) is 0 Å². The third kappa shape index (κ3) is 5.24. The van der Waals surface area contributed by atoms with Crippen molar-refractivity contribution >= 4 is 18.0 Å². The lowest BCUT2D eigenvalue weighted by molar-refractivity contribution is -0.143. The Hall–Kier alpha value is -3.35. The van der Waals surface area contributed by atoms with Crippen molar-refractivity contribution in [1.82, 2.24) is 10.6 Å². The SMILES string of the molecule is CCC[C@H](NC(=O)OCC1c2ccccc2-c2ccccc21)C(=O)N[C@@H]1CCC[C@H](C(=O)O)C1. The van der Waals surface area contributed by atoms with Gasteiger partial charge in [0.2, 0.25) is 5.91 Å². The number of hydrogen-bond acceptors (Lipinski definition) is 4. The lowest BCUT2D eigenvalue weighted by Crippen LogP contribution is -2.51. The first-order valence-corrected chi connectivity index (χ1v) is 12.1. The molecule has 2 aromatic carbocycles. The van der Waals surface area contributed by atoms with Gasteiger partial charge in [0.05, 0.1) is 5.92 Å². The number of carbonyl (C=O) groups excluding carboxylic acids is 2. The number of nitrogens with one attached hydrogen (secondary N) is 2. The van der Waals surface area contributed by atoms with Crippen LogP contribution in [-0.2, 0) is 14.3 Å². The molecule has 3 atom stereocenters. The van der Waals surface area contributed by atoms with Crippen LogP contribution in [0.1, 0.15) is 62.5 Å².